The molecule has 1 aromatic heterocycles. The van der Waals surface area contributed by atoms with Crippen LogP contribution in [0.5, 0.6) is 0 Å². The fourth-order valence-electron chi connectivity index (χ4n) is 3.47. The molecular formula is C19H19F3N4. The van der Waals surface area contributed by atoms with Crippen LogP contribution >= 0.6 is 0 Å². The Bertz CT molecular complexity index is 866. The zero-order chi connectivity index (χ0) is 18.1. The minimum atomic E-state index is -1.11. The number of aliphatic imine (C=N–C) groups is 1. The Morgan fingerprint density at radius 1 is 1.04 bits per heavy atom. The van der Waals surface area contributed by atoms with Crippen LogP contribution in [-0.4, -0.2) is 33.7 Å². The molecule has 0 atom stereocenters. The second-order valence-corrected chi connectivity index (χ2v) is 6.73. The van der Waals surface area contributed by atoms with Crippen molar-refractivity contribution in [3.63, 3.8) is 0 Å². The second kappa shape index (κ2) is 7.15. The maximum absolute atomic E-state index is 13.9. The molecule has 1 aromatic carbocycles. The summed E-state index contributed by atoms with van der Waals surface area (Å²) >= 11 is 0. The number of hydrogen-bond acceptors (Lipinski definition) is 4. The van der Waals surface area contributed by atoms with Crippen LogP contribution in [0.4, 0.5) is 13.2 Å². The molecule has 0 bridgehead atoms. The number of fused-ring (bicyclic) bond motifs is 1. The zero-order valence-electron chi connectivity index (χ0n) is 14.3. The second-order valence-electron chi connectivity index (χ2n) is 6.73. The number of halogens is 3. The van der Waals surface area contributed by atoms with E-state index in [0.29, 0.717) is 25.3 Å². The number of aromatic nitrogens is 2. The molecule has 0 radical (unpaired) electrons. The molecule has 0 amide bonds. The van der Waals surface area contributed by atoms with Crippen molar-refractivity contribution in [2.24, 2.45) is 4.99 Å². The van der Waals surface area contributed by atoms with Gasteiger partial charge in [-0.2, -0.15) is 0 Å². The molecule has 0 spiro atoms. The third-order valence-electron chi connectivity index (χ3n) is 4.92. The van der Waals surface area contributed by atoms with E-state index in [1.165, 1.54) is 0 Å². The fourth-order valence-corrected chi connectivity index (χ4v) is 3.47. The van der Waals surface area contributed by atoms with Gasteiger partial charge in [0.25, 0.3) is 0 Å². The molecule has 0 N–H and O–H groups in total. The van der Waals surface area contributed by atoms with E-state index in [1.54, 1.807) is 6.20 Å². The summed E-state index contributed by atoms with van der Waals surface area (Å²) in [5.74, 6) is -2.17. The average molecular weight is 360 g/mol. The molecule has 4 nitrogen and oxygen atoms in total. The molecule has 0 unspecified atom stereocenters. The van der Waals surface area contributed by atoms with Crippen LogP contribution in [0.25, 0.3) is 0 Å². The van der Waals surface area contributed by atoms with Gasteiger partial charge in [-0.15, -0.1) is 0 Å². The van der Waals surface area contributed by atoms with Gasteiger partial charge in [-0.25, -0.2) is 23.1 Å². The lowest BCUT2D eigenvalue weighted by Crippen LogP contribution is -2.32. The minimum Gasteiger partial charge on any atom is -0.294 e. The van der Waals surface area contributed by atoms with E-state index in [1.807, 2.05) is 4.90 Å². The van der Waals surface area contributed by atoms with E-state index < -0.39 is 17.5 Å². The molecule has 0 fully saturated rings. The van der Waals surface area contributed by atoms with Crippen molar-refractivity contribution in [1.82, 2.24) is 14.9 Å². The van der Waals surface area contributed by atoms with Crippen LogP contribution in [0.3, 0.4) is 0 Å². The highest BCUT2D eigenvalue weighted by atomic mass is 19.2. The van der Waals surface area contributed by atoms with Gasteiger partial charge in [-0.3, -0.25) is 9.89 Å². The monoisotopic (exact) mass is 360 g/mol. The van der Waals surface area contributed by atoms with Crippen LogP contribution in [0.15, 0.2) is 23.3 Å². The van der Waals surface area contributed by atoms with Gasteiger partial charge in [0.2, 0.25) is 0 Å². The molecule has 0 saturated carbocycles. The highest BCUT2D eigenvalue weighted by Crippen LogP contribution is 2.23. The third kappa shape index (κ3) is 3.35. The Morgan fingerprint density at radius 3 is 2.69 bits per heavy atom. The Kier molecular flexibility index (Phi) is 4.72. The van der Waals surface area contributed by atoms with Crippen LogP contribution in [0, 0.1) is 17.5 Å². The SMILES string of the molecule is Fc1ccc(F)c(CN2CCc3nc(C4=NCCCC4)ncc3C2)c1F. The Labute approximate surface area is 149 Å². The van der Waals surface area contributed by atoms with Crippen molar-refractivity contribution < 1.29 is 13.2 Å². The van der Waals surface area contributed by atoms with Gasteiger partial charge in [0.1, 0.15) is 5.82 Å². The summed E-state index contributed by atoms with van der Waals surface area (Å²) < 4.78 is 41.1. The van der Waals surface area contributed by atoms with Crippen molar-refractivity contribution in [2.75, 3.05) is 13.1 Å². The number of hydrogen-bond donors (Lipinski definition) is 0. The van der Waals surface area contributed by atoms with Gasteiger partial charge in [0, 0.05) is 49.9 Å². The lowest BCUT2D eigenvalue weighted by Gasteiger charge is -2.28. The van der Waals surface area contributed by atoms with Gasteiger partial charge < -0.3 is 0 Å². The van der Waals surface area contributed by atoms with Gasteiger partial charge >= 0.3 is 0 Å². The highest BCUT2D eigenvalue weighted by Gasteiger charge is 2.23. The van der Waals surface area contributed by atoms with Crippen LogP contribution < -0.4 is 0 Å². The Morgan fingerprint density at radius 2 is 1.88 bits per heavy atom. The van der Waals surface area contributed by atoms with Crippen molar-refractivity contribution in [1.29, 1.82) is 0 Å². The number of nitrogens with zero attached hydrogens (tertiary/aromatic N) is 4. The molecule has 2 aliphatic rings. The first-order valence-corrected chi connectivity index (χ1v) is 8.85. The largest absolute Gasteiger partial charge is 0.294 e. The predicted molar refractivity (Wildman–Crippen MR) is 91.4 cm³/mol. The first kappa shape index (κ1) is 17.1. The fraction of sp³-hybridized carbons (Fsp3) is 0.421. The normalized spacial score (nSPS) is 17.7. The standard InChI is InChI=1S/C19H19F3N4/c20-14-4-5-15(21)18(22)13(14)11-26-8-6-16-12(10-26)9-24-19(25-16)17-3-1-2-7-23-17/h4-5,9H,1-3,6-8,10-11H2. The summed E-state index contributed by atoms with van der Waals surface area (Å²) in [4.78, 5) is 15.5. The molecule has 26 heavy (non-hydrogen) atoms. The summed E-state index contributed by atoms with van der Waals surface area (Å²) in [6, 6.07) is 1.77. The van der Waals surface area contributed by atoms with E-state index in [0.717, 1.165) is 54.9 Å². The summed E-state index contributed by atoms with van der Waals surface area (Å²) in [7, 11) is 0. The van der Waals surface area contributed by atoms with Gasteiger partial charge in [0.15, 0.2) is 17.5 Å². The topological polar surface area (TPSA) is 41.4 Å². The van der Waals surface area contributed by atoms with Crippen LogP contribution in [0.2, 0.25) is 0 Å². The van der Waals surface area contributed by atoms with Crippen molar-refractivity contribution in [3.8, 4) is 0 Å². The lowest BCUT2D eigenvalue weighted by atomic mass is 10.0. The first-order chi connectivity index (χ1) is 12.6. The van der Waals surface area contributed by atoms with Gasteiger partial charge in [-0.05, 0) is 31.4 Å². The number of rotatable bonds is 3. The quantitative estimate of drug-likeness (QED) is 0.788. The van der Waals surface area contributed by atoms with E-state index >= 15 is 0 Å². The van der Waals surface area contributed by atoms with E-state index in [9.17, 15) is 13.2 Å². The summed E-state index contributed by atoms with van der Waals surface area (Å²) in [5, 5.41) is 0. The minimum absolute atomic E-state index is 0.0172. The van der Waals surface area contributed by atoms with Crippen LogP contribution in [-0.2, 0) is 19.5 Å². The summed E-state index contributed by atoms with van der Waals surface area (Å²) in [6.07, 6.45) is 5.56. The van der Waals surface area contributed by atoms with E-state index in [-0.39, 0.29) is 12.1 Å². The molecule has 0 aliphatic carbocycles. The average Bonchev–Trinajstić information content (AvgIpc) is 2.68. The summed E-state index contributed by atoms with van der Waals surface area (Å²) in [6.45, 7) is 1.93. The Hall–Kier alpha value is -2.28. The van der Waals surface area contributed by atoms with Crippen LogP contribution in [0.1, 0.15) is 41.9 Å². The molecular weight excluding hydrogens is 341 g/mol. The lowest BCUT2D eigenvalue weighted by molar-refractivity contribution is 0.234. The molecule has 4 rings (SSSR count). The van der Waals surface area contributed by atoms with Crippen molar-refractivity contribution in [3.05, 3.63) is 58.4 Å². The maximum atomic E-state index is 13.9. The molecule has 3 heterocycles. The zero-order valence-corrected chi connectivity index (χ0v) is 14.3. The first-order valence-electron chi connectivity index (χ1n) is 8.85. The predicted octanol–water partition coefficient (Wildman–Crippen LogP) is 3.43. The molecule has 2 aromatic rings. The van der Waals surface area contributed by atoms with E-state index in [2.05, 4.69) is 15.0 Å². The van der Waals surface area contributed by atoms with Crippen molar-refractivity contribution >= 4 is 5.71 Å². The molecule has 2 aliphatic heterocycles. The smallest absolute Gasteiger partial charge is 0.173 e. The molecule has 136 valence electrons. The number of benzene rings is 1. The molecule has 0 saturated heterocycles. The maximum Gasteiger partial charge on any atom is 0.173 e. The summed E-state index contributed by atoms with van der Waals surface area (Å²) in [5.41, 5.74) is 2.63. The van der Waals surface area contributed by atoms with E-state index in [4.69, 9.17) is 0 Å². The van der Waals surface area contributed by atoms with Gasteiger partial charge in [-0.1, -0.05) is 0 Å². The van der Waals surface area contributed by atoms with Crippen molar-refractivity contribution in [2.45, 2.75) is 38.8 Å². The molecule has 7 heteroatoms. The Balaban J connectivity index is 1.52. The highest BCUT2D eigenvalue weighted by molar-refractivity contribution is 5.97. The van der Waals surface area contributed by atoms with Gasteiger partial charge in [0.05, 0.1) is 11.4 Å². The third-order valence-corrected chi connectivity index (χ3v) is 4.92.